The number of nitrogens with zero attached hydrogens (tertiary/aromatic N) is 3. The first-order chi connectivity index (χ1) is 7.10. The topological polar surface area (TPSA) is 90.4 Å². The minimum Gasteiger partial charge on any atom is -0.470 e. The van der Waals surface area contributed by atoms with E-state index in [0.29, 0.717) is 6.42 Å². The summed E-state index contributed by atoms with van der Waals surface area (Å²) in [7, 11) is 0. The van der Waals surface area contributed by atoms with E-state index >= 15 is 0 Å². The van der Waals surface area contributed by atoms with Crippen molar-refractivity contribution in [2.75, 3.05) is 0 Å². The lowest BCUT2D eigenvalue weighted by molar-refractivity contribution is -0.386. The molecule has 0 aliphatic rings. The molecule has 1 aromatic heterocycles. The lowest BCUT2D eigenvalue weighted by Crippen LogP contribution is -2.14. The first-order valence-corrected chi connectivity index (χ1v) is 4.57. The molecule has 0 unspecified atom stereocenters. The minimum atomic E-state index is -0.586. The summed E-state index contributed by atoms with van der Waals surface area (Å²) in [6.07, 6.45) is 1.62. The van der Waals surface area contributed by atoms with Crippen molar-refractivity contribution in [3.63, 3.8) is 0 Å². The molecule has 84 valence electrons. The molecule has 1 rings (SSSR count). The molecule has 1 aromatic rings. The van der Waals surface area contributed by atoms with E-state index in [1.54, 1.807) is 6.92 Å². The van der Waals surface area contributed by atoms with Gasteiger partial charge in [0.15, 0.2) is 0 Å². The van der Waals surface area contributed by atoms with Crippen LogP contribution in [0.3, 0.4) is 0 Å². The van der Waals surface area contributed by atoms with Crippen LogP contribution in [-0.2, 0) is 6.73 Å². The van der Waals surface area contributed by atoms with Gasteiger partial charge in [-0.2, -0.15) is 5.10 Å². The molecule has 0 amide bonds. The van der Waals surface area contributed by atoms with Gasteiger partial charge >= 0.3 is 5.69 Å². The normalized spacial score (nSPS) is 12.5. The van der Waals surface area contributed by atoms with E-state index in [0.717, 1.165) is 10.9 Å². The summed E-state index contributed by atoms with van der Waals surface area (Å²) in [6, 6.07) is 0. The van der Waals surface area contributed by atoms with Crippen LogP contribution in [0.2, 0.25) is 0 Å². The molecule has 0 aliphatic carbocycles. The number of ether oxygens (including phenoxy) is 1. The van der Waals surface area contributed by atoms with E-state index in [2.05, 4.69) is 5.10 Å². The second-order valence-electron chi connectivity index (χ2n) is 3.07. The molecule has 0 bridgehead atoms. The van der Waals surface area contributed by atoms with E-state index in [4.69, 9.17) is 9.84 Å². The van der Waals surface area contributed by atoms with Gasteiger partial charge in [-0.3, -0.25) is 10.1 Å². The molecule has 15 heavy (non-hydrogen) atoms. The van der Waals surface area contributed by atoms with Crippen molar-refractivity contribution >= 4 is 5.69 Å². The fourth-order valence-corrected chi connectivity index (χ4v) is 0.985. The Balaban J connectivity index is 2.99. The lowest BCUT2D eigenvalue weighted by Gasteiger charge is -2.11. The molecule has 7 heteroatoms. The number of aromatic nitrogens is 2. The molecule has 7 nitrogen and oxygen atoms in total. The van der Waals surface area contributed by atoms with Crippen LogP contribution in [0.15, 0.2) is 6.20 Å². The Morgan fingerprint density at radius 1 is 1.80 bits per heavy atom. The van der Waals surface area contributed by atoms with E-state index in [1.807, 2.05) is 6.92 Å². The summed E-state index contributed by atoms with van der Waals surface area (Å²) >= 11 is 0. The highest BCUT2D eigenvalue weighted by molar-refractivity contribution is 5.39. The van der Waals surface area contributed by atoms with Gasteiger partial charge in [0, 0.05) is 0 Å². The summed E-state index contributed by atoms with van der Waals surface area (Å²) in [5.41, 5.74) is -0.232. The van der Waals surface area contributed by atoms with Crippen molar-refractivity contribution in [3.8, 4) is 5.88 Å². The molecule has 1 heterocycles. The predicted molar refractivity (Wildman–Crippen MR) is 51.5 cm³/mol. The summed E-state index contributed by atoms with van der Waals surface area (Å²) in [5, 5.41) is 23.2. The maximum absolute atomic E-state index is 10.6. The molecule has 0 aliphatic heterocycles. The molecule has 0 spiro atoms. The van der Waals surface area contributed by atoms with Gasteiger partial charge < -0.3 is 9.84 Å². The zero-order valence-electron chi connectivity index (χ0n) is 8.58. The zero-order valence-corrected chi connectivity index (χ0v) is 8.58. The van der Waals surface area contributed by atoms with Gasteiger partial charge in [0.25, 0.3) is 5.88 Å². The molecule has 0 saturated heterocycles. The van der Waals surface area contributed by atoms with Crippen molar-refractivity contribution in [2.45, 2.75) is 33.1 Å². The summed E-state index contributed by atoms with van der Waals surface area (Å²) in [6.45, 7) is 3.24. The predicted octanol–water partition coefficient (Wildman–Crippen LogP) is 0.918. The summed E-state index contributed by atoms with van der Waals surface area (Å²) < 4.78 is 6.36. The maximum Gasteiger partial charge on any atom is 0.350 e. The number of aliphatic hydroxyl groups excluding tert-OH is 1. The average molecular weight is 215 g/mol. The molecule has 1 N–H and O–H groups in total. The van der Waals surface area contributed by atoms with Crippen LogP contribution in [0.5, 0.6) is 5.88 Å². The van der Waals surface area contributed by atoms with Crippen LogP contribution < -0.4 is 4.74 Å². The van der Waals surface area contributed by atoms with Crippen LogP contribution in [0, 0.1) is 10.1 Å². The Morgan fingerprint density at radius 2 is 2.47 bits per heavy atom. The smallest absolute Gasteiger partial charge is 0.350 e. The van der Waals surface area contributed by atoms with Gasteiger partial charge in [-0.15, -0.1) is 0 Å². The Kier molecular flexibility index (Phi) is 3.62. The first-order valence-electron chi connectivity index (χ1n) is 4.57. The van der Waals surface area contributed by atoms with Crippen LogP contribution in [-0.4, -0.2) is 25.9 Å². The number of aliphatic hydroxyl groups is 1. The Hall–Kier alpha value is -1.63. The van der Waals surface area contributed by atoms with Crippen LogP contribution in [0.1, 0.15) is 20.3 Å². The minimum absolute atomic E-state index is 0.00292. The standard InChI is InChI=1S/C8H13N3O4/c1-3-6(2)15-8-7(11(13)14)4-9-10(8)5-12/h4,6,12H,3,5H2,1-2H3/t6-/m1/s1. The SMILES string of the molecule is CC[C@@H](C)Oc1c([N+](=O)[O-])cnn1CO. The Bertz CT molecular complexity index is 350. The summed E-state index contributed by atoms with van der Waals surface area (Å²) in [4.78, 5) is 10.0. The lowest BCUT2D eigenvalue weighted by atomic mass is 10.3. The van der Waals surface area contributed by atoms with Crippen molar-refractivity contribution in [1.82, 2.24) is 9.78 Å². The third-order valence-electron chi connectivity index (χ3n) is 1.99. The maximum atomic E-state index is 10.6. The Labute approximate surface area is 86.4 Å². The van der Waals surface area contributed by atoms with Crippen molar-refractivity contribution in [1.29, 1.82) is 0 Å². The molecular weight excluding hydrogens is 202 g/mol. The molecule has 0 aromatic carbocycles. The molecule has 1 atom stereocenters. The third-order valence-corrected chi connectivity index (χ3v) is 1.99. The van der Waals surface area contributed by atoms with E-state index < -0.39 is 11.7 Å². The largest absolute Gasteiger partial charge is 0.470 e. The van der Waals surface area contributed by atoms with Crippen LogP contribution in [0.4, 0.5) is 5.69 Å². The van der Waals surface area contributed by atoms with E-state index in [9.17, 15) is 10.1 Å². The molecule has 0 saturated carbocycles. The second-order valence-corrected chi connectivity index (χ2v) is 3.07. The quantitative estimate of drug-likeness (QED) is 0.582. The van der Waals surface area contributed by atoms with Gasteiger partial charge in [0.05, 0.1) is 11.0 Å². The second kappa shape index (κ2) is 4.74. The Morgan fingerprint density at radius 3 is 2.93 bits per heavy atom. The highest BCUT2D eigenvalue weighted by Crippen LogP contribution is 2.27. The molecular formula is C8H13N3O4. The number of nitro groups is 1. The fourth-order valence-electron chi connectivity index (χ4n) is 0.985. The van der Waals surface area contributed by atoms with Crippen LogP contribution >= 0.6 is 0 Å². The number of hydrogen-bond acceptors (Lipinski definition) is 5. The van der Waals surface area contributed by atoms with Gasteiger partial charge in [0.1, 0.15) is 12.9 Å². The van der Waals surface area contributed by atoms with E-state index in [1.165, 1.54) is 0 Å². The van der Waals surface area contributed by atoms with Crippen molar-refractivity contribution in [3.05, 3.63) is 16.3 Å². The van der Waals surface area contributed by atoms with Gasteiger partial charge in [-0.1, -0.05) is 6.92 Å². The van der Waals surface area contributed by atoms with Gasteiger partial charge in [-0.25, -0.2) is 4.68 Å². The number of hydrogen-bond donors (Lipinski definition) is 1. The molecule has 0 fully saturated rings. The summed E-state index contributed by atoms with van der Waals surface area (Å²) in [5.74, 6) is -0.00292. The fraction of sp³-hybridized carbons (Fsp3) is 0.625. The van der Waals surface area contributed by atoms with E-state index in [-0.39, 0.29) is 17.7 Å². The van der Waals surface area contributed by atoms with Crippen LogP contribution in [0.25, 0.3) is 0 Å². The highest BCUT2D eigenvalue weighted by atomic mass is 16.6. The monoisotopic (exact) mass is 215 g/mol. The van der Waals surface area contributed by atoms with Crippen molar-refractivity contribution < 1.29 is 14.8 Å². The first kappa shape index (κ1) is 11.4. The van der Waals surface area contributed by atoms with Gasteiger partial charge in [0.2, 0.25) is 0 Å². The van der Waals surface area contributed by atoms with Gasteiger partial charge in [-0.05, 0) is 13.3 Å². The average Bonchev–Trinajstić information content (AvgIpc) is 2.60. The highest BCUT2D eigenvalue weighted by Gasteiger charge is 2.23. The molecule has 0 radical (unpaired) electrons. The number of rotatable bonds is 5. The zero-order chi connectivity index (χ0) is 11.4. The van der Waals surface area contributed by atoms with Crippen molar-refractivity contribution in [2.24, 2.45) is 0 Å². The third kappa shape index (κ3) is 2.44.